The second-order valence-corrected chi connectivity index (χ2v) is 4.56. The number of ether oxygens (including phenoxy) is 1. The Hall–Kier alpha value is -1.87. The van der Waals surface area contributed by atoms with E-state index in [4.69, 9.17) is 16.3 Å². The van der Waals surface area contributed by atoms with Crippen LogP contribution in [0.2, 0.25) is 5.02 Å². The number of carbonyl (C=O) groups is 1. The van der Waals surface area contributed by atoms with E-state index in [1.807, 2.05) is 0 Å². The van der Waals surface area contributed by atoms with Gasteiger partial charge in [-0.15, -0.1) is 0 Å². The van der Waals surface area contributed by atoms with Gasteiger partial charge in [-0.25, -0.2) is 4.39 Å². The fraction of sp³-hybridized carbons (Fsp3) is 0.133. The normalized spacial score (nSPS) is 10.3. The summed E-state index contributed by atoms with van der Waals surface area (Å²) in [4.78, 5) is 11.9. The molecule has 0 heterocycles. The molecular weight excluding hydrogens is 267 g/mol. The molecule has 4 heteroatoms. The highest BCUT2D eigenvalue weighted by molar-refractivity contribution is 6.30. The van der Waals surface area contributed by atoms with Crippen molar-refractivity contribution in [3.8, 4) is 5.75 Å². The summed E-state index contributed by atoms with van der Waals surface area (Å²) in [6.07, 6.45) is 0. The van der Waals surface area contributed by atoms with Crippen molar-refractivity contribution in [2.75, 3.05) is 6.61 Å². The molecule has 2 nitrogen and oxygen atoms in total. The first-order valence-electron chi connectivity index (χ1n) is 5.74. The van der Waals surface area contributed by atoms with Gasteiger partial charge in [0.1, 0.15) is 11.6 Å². The highest BCUT2D eigenvalue weighted by atomic mass is 35.5. The molecule has 0 spiro atoms. The standard InChI is InChI=1S/C15H12ClFO2/c1-10-8-13(17)6-7-15(10)19-9-14(18)11-2-4-12(16)5-3-11/h2-8H,9H2,1H3. The number of hydrogen-bond donors (Lipinski definition) is 0. The third-order valence-corrected chi connectivity index (χ3v) is 2.91. The van der Waals surface area contributed by atoms with E-state index in [2.05, 4.69) is 0 Å². The molecule has 0 aliphatic rings. The predicted octanol–water partition coefficient (Wildman–Crippen LogP) is 4.05. The molecule has 0 aromatic heterocycles. The minimum Gasteiger partial charge on any atom is -0.485 e. The van der Waals surface area contributed by atoms with E-state index in [1.54, 1.807) is 31.2 Å². The number of Topliss-reactive ketones (excluding diaryl/α,β-unsaturated/α-hetero) is 1. The molecule has 0 N–H and O–H groups in total. The lowest BCUT2D eigenvalue weighted by atomic mass is 10.1. The molecule has 0 saturated heterocycles. The quantitative estimate of drug-likeness (QED) is 0.789. The molecule has 0 aliphatic carbocycles. The number of ketones is 1. The summed E-state index contributed by atoms with van der Waals surface area (Å²) < 4.78 is 18.3. The van der Waals surface area contributed by atoms with Crippen molar-refractivity contribution in [3.05, 3.63) is 64.4 Å². The summed E-state index contributed by atoms with van der Waals surface area (Å²) in [7, 11) is 0. The summed E-state index contributed by atoms with van der Waals surface area (Å²) in [5.74, 6) is 0.0259. The first kappa shape index (κ1) is 13.6. The summed E-state index contributed by atoms with van der Waals surface area (Å²) >= 11 is 5.75. The molecule has 2 rings (SSSR count). The van der Waals surface area contributed by atoms with Gasteiger partial charge in [-0.2, -0.15) is 0 Å². The molecule has 0 fully saturated rings. The van der Waals surface area contributed by atoms with Gasteiger partial charge in [0, 0.05) is 10.6 Å². The Balaban J connectivity index is 2.02. The zero-order valence-electron chi connectivity index (χ0n) is 10.3. The summed E-state index contributed by atoms with van der Waals surface area (Å²) in [5.41, 5.74) is 1.19. The topological polar surface area (TPSA) is 26.3 Å². The molecule has 98 valence electrons. The van der Waals surface area contributed by atoms with Gasteiger partial charge in [0.2, 0.25) is 0 Å². The molecule has 2 aromatic carbocycles. The van der Waals surface area contributed by atoms with Gasteiger partial charge in [-0.3, -0.25) is 4.79 Å². The van der Waals surface area contributed by atoms with Crippen molar-refractivity contribution < 1.29 is 13.9 Å². The first-order valence-corrected chi connectivity index (χ1v) is 6.12. The Kier molecular flexibility index (Phi) is 4.17. The van der Waals surface area contributed by atoms with E-state index in [9.17, 15) is 9.18 Å². The molecule has 0 aliphatic heterocycles. The smallest absolute Gasteiger partial charge is 0.200 e. The van der Waals surface area contributed by atoms with Gasteiger partial charge in [0.25, 0.3) is 0 Å². The van der Waals surface area contributed by atoms with Gasteiger partial charge in [-0.05, 0) is 55.0 Å². The van der Waals surface area contributed by atoms with Gasteiger partial charge < -0.3 is 4.74 Å². The van der Waals surface area contributed by atoms with E-state index >= 15 is 0 Å². The lowest BCUT2D eigenvalue weighted by Crippen LogP contribution is -2.12. The summed E-state index contributed by atoms with van der Waals surface area (Å²) in [5, 5.41) is 0.576. The number of aryl methyl sites for hydroxylation is 1. The Morgan fingerprint density at radius 1 is 1.21 bits per heavy atom. The molecule has 2 aromatic rings. The Morgan fingerprint density at radius 3 is 2.53 bits per heavy atom. The van der Waals surface area contributed by atoms with Crippen molar-refractivity contribution in [1.29, 1.82) is 0 Å². The van der Waals surface area contributed by atoms with Crippen LogP contribution in [0.3, 0.4) is 0 Å². The van der Waals surface area contributed by atoms with Crippen LogP contribution in [0.25, 0.3) is 0 Å². The molecule has 19 heavy (non-hydrogen) atoms. The summed E-state index contributed by atoms with van der Waals surface area (Å²) in [6, 6.07) is 10.8. The van der Waals surface area contributed by atoms with Crippen LogP contribution in [0.1, 0.15) is 15.9 Å². The number of benzene rings is 2. The highest BCUT2D eigenvalue weighted by Crippen LogP contribution is 2.19. The largest absolute Gasteiger partial charge is 0.485 e. The maximum absolute atomic E-state index is 12.9. The number of rotatable bonds is 4. The molecule has 0 radical (unpaired) electrons. The second kappa shape index (κ2) is 5.85. The van der Waals surface area contributed by atoms with Crippen LogP contribution in [0.4, 0.5) is 4.39 Å². The van der Waals surface area contributed by atoms with Crippen LogP contribution in [-0.2, 0) is 0 Å². The summed E-state index contributed by atoms with van der Waals surface area (Å²) in [6.45, 7) is 1.64. The predicted molar refractivity (Wildman–Crippen MR) is 72.4 cm³/mol. The highest BCUT2D eigenvalue weighted by Gasteiger charge is 2.08. The minimum absolute atomic E-state index is 0.0892. The fourth-order valence-electron chi connectivity index (χ4n) is 1.64. The number of carbonyl (C=O) groups excluding carboxylic acids is 1. The van der Waals surface area contributed by atoms with Crippen LogP contribution in [-0.4, -0.2) is 12.4 Å². The third-order valence-electron chi connectivity index (χ3n) is 2.66. The van der Waals surface area contributed by atoms with Gasteiger partial charge in [0.15, 0.2) is 12.4 Å². The molecular formula is C15H12ClFO2. The van der Waals surface area contributed by atoms with Crippen LogP contribution in [0.5, 0.6) is 5.75 Å². The van der Waals surface area contributed by atoms with Crippen LogP contribution in [0.15, 0.2) is 42.5 Å². The first-order chi connectivity index (χ1) is 9.06. The number of halogens is 2. The van der Waals surface area contributed by atoms with E-state index < -0.39 is 0 Å². The van der Waals surface area contributed by atoms with Crippen molar-refractivity contribution >= 4 is 17.4 Å². The van der Waals surface area contributed by atoms with Crippen LogP contribution < -0.4 is 4.74 Å². The van der Waals surface area contributed by atoms with Crippen molar-refractivity contribution in [1.82, 2.24) is 0 Å². The molecule has 0 bridgehead atoms. The maximum atomic E-state index is 12.9. The average Bonchev–Trinajstić information content (AvgIpc) is 2.38. The third kappa shape index (κ3) is 3.55. The molecule has 0 saturated carbocycles. The molecule has 0 unspecified atom stereocenters. The van der Waals surface area contributed by atoms with Gasteiger partial charge >= 0.3 is 0 Å². The van der Waals surface area contributed by atoms with E-state index in [0.29, 0.717) is 21.9 Å². The Bertz CT molecular complexity index is 594. The SMILES string of the molecule is Cc1cc(F)ccc1OCC(=O)c1ccc(Cl)cc1. The lowest BCUT2D eigenvalue weighted by molar-refractivity contribution is 0.0921. The second-order valence-electron chi connectivity index (χ2n) is 4.13. The van der Waals surface area contributed by atoms with E-state index in [-0.39, 0.29) is 18.2 Å². The van der Waals surface area contributed by atoms with Crippen molar-refractivity contribution in [2.24, 2.45) is 0 Å². The van der Waals surface area contributed by atoms with Crippen molar-refractivity contribution in [3.63, 3.8) is 0 Å². The van der Waals surface area contributed by atoms with E-state index in [1.165, 1.54) is 18.2 Å². The average molecular weight is 279 g/mol. The minimum atomic E-state index is -0.325. The monoisotopic (exact) mass is 278 g/mol. The van der Waals surface area contributed by atoms with Crippen LogP contribution >= 0.6 is 11.6 Å². The number of hydrogen-bond acceptors (Lipinski definition) is 2. The van der Waals surface area contributed by atoms with Crippen molar-refractivity contribution in [2.45, 2.75) is 6.92 Å². The molecule has 0 amide bonds. The fourth-order valence-corrected chi connectivity index (χ4v) is 1.76. The van der Waals surface area contributed by atoms with Crippen LogP contribution in [0, 0.1) is 12.7 Å². The zero-order chi connectivity index (χ0) is 13.8. The van der Waals surface area contributed by atoms with Gasteiger partial charge in [0.05, 0.1) is 0 Å². The Labute approximate surface area is 115 Å². The molecule has 0 atom stereocenters. The Morgan fingerprint density at radius 2 is 1.89 bits per heavy atom. The van der Waals surface area contributed by atoms with E-state index in [0.717, 1.165) is 0 Å². The zero-order valence-corrected chi connectivity index (χ0v) is 11.1. The maximum Gasteiger partial charge on any atom is 0.200 e. The van der Waals surface area contributed by atoms with Gasteiger partial charge in [-0.1, -0.05) is 11.6 Å². The lowest BCUT2D eigenvalue weighted by Gasteiger charge is -2.08.